The molecule has 0 saturated heterocycles. The first kappa shape index (κ1) is 26.8. The van der Waals surface area contributed by atoms with Gasteiger partial charge in [-0.1, -0.05) is 36.4 Å². The van der Waals surface area contributed by atoms with Crippen molar-refractivity contribution in [2.45, 2.75) is 44.4 Å². The molecule has 2 aliphatic rings. The van der Waals surface area contributed by atoms with Gasteiger partial charge in [-0.15, -0.1) is 5.10 Å². The van der Waals surface area contributed by atoms with Crippen LogP contribution in [0.1, 0.15) is 43.2 Å². The van der Waals surface area contributed by atoms with Crippen LogP contribution in [0.3, 0.4) is 0 Å². The first-order valence-electron chi connectivity index (χ1n) is 12.9. The number of nitrogens with two attached hydrogens (primary N) is 1. The van der Waals surface area contributed by atoms with E-state index in [4.69, 9.17) is 15.5 Å². The molecule has 0 fully saturated rings. The molecule has 2 aromatic rings. The van der Waals surface area contributed by atoms with E-state index in [2.05, 4.69) is 46.5 Å². The van der Waals surface area contributed by atoms with Crippen LogP contribution in [0.4, 0.5) is 10.2 Å². The minimum absolute atomic E-state index is 0.0896. The average Bonchev–Trinajstić information content (AvgIpc) is 3.07. The van der Waals surface area contributed by atoms with Gasteiger partial charge >= 0.3 is 0 Å². The van der Waals surface area contributed by atoms with Gasteiger partial charge in [-0.05, 0) is 71.4 Å². The van der Waals surface area contributed by atoms with Crippen LogP contribution in [0.25, 0.3) is 11.3 Å². The van der Waals surface area contributed by atoms with Crippen molar-refractivity contribution in [1.82, 2.24) is 25.2 Å². The van der Waals surface area contributed by atoms with Crippen LogP contribution < -0.4 is 11.1 Å². The van der Waals surface area contributed by atoms with E-state index in [1.165, 1.54) is 6.07 Å². The number of halogens is 1. The van der Waals surface area contributed by atoms with Crippen molar-refractivity contribution >= 4 is 11.7 Å². The Labute approximate surface area is 219 Å². The lowest BCUT2D eigenvalue weighted by molar-refractivity contribution is 0.0707. The Morgan fingerprint density at radius 3 is 2.86 bits per heavy atom. The molecule has 1 aliphatic heterocycles. The Morgan fingerprint density at radius 2 is 2.11 bits per heavy atom. The maximum atomic E-state index is 15.1. The zero-order valence-electron chi connectivity index (χ0n) is 22.2. The topological polar surface area (TPSA) is 91.9 Å². The zero-order valence-corrected chi connectivity index (χ0v) is 22.2. The molecule has 3 unspecified atom stereocenters. The van der Waals surface area contributed by atoms with Crippen LogP contribution in [0.5, 0.6) is 0 Å². The highest BCUT2D eigenvalue weighted by Gasteiger charge is 2.33. The highest BCUT2D eigenvalue weighted by Crippen LogP contribution is 2.33. The number of aryl methyl sites for hydroxylation is 1. The van der Waals surface area contributed by atoms with Gasteiger partial charge in [0.2, 0.25) is 12.1 Å². The first-order chi connectivity index (χ1) is 17.9. The van der Waals surface area contributed by atoms with Crippen molar-refractivity contribution in [1.29, 1.82) is 0 Å². The monoisotopic (exact) mass is 507 g/mol. The maximum absolute atomic E-state index is 15.1. The SMILES string of the molecule is CNCCC(CCc1ccc(-c2cnc(N)c(C3OC(C4C=CC=CCC4)=NN3C)n2)cc1F)N(C)C. The van der Waals surface area contributed by atoms with Gasteiger partial charge in [-0.25, -0.2) is 14.4 Å². The third kappa shape index (κ3) is 6.53. The standard InChI is InChI=1S/C28H38FN7O/c1-31-16-15-22(35(2)3)14-13-19-11-12-21(17-23(19)29)24-18-32-26(30)25(33-24)28-36(4)34-27(37-28)20-9-7-5-6-8-10-20/h5-7,9,11-12,17-18,20,22,28,31H,8,10,13-16H2,1-4H3,(H2,30,32). The second-order valence-corrected chi connectivity index (χ2v) is 9.86. The van der Waals surface area contributed by atoms with Crippen molar-refractivity contribution in [3.8, 4) is 11.3 Å². The quantitative estimate of drug-likeness (QED) is 0.500. The molecule has 4 rings (SSSR count). The molecule has 37 heavy (non-hydrogen) atoms. The van der Waals surface area contributed by atoms with Crippen molar-refractivity contribution in [3.63, 3.8) is 0 Å². The van der Waals surface area contributed by atoms with Gasteiger partial charge in [0.25, 0.3) is 0 Å². The molecule has 0 saturated carbocycles. The normalized spacial score (nSPS) is 20.2. The Morgan fingerprint density at radius 1 is 1.27 bits per heavy atom. The van der Waals surface area contributed by atoms with E-state index in [0.717, 1.165) is 32.2 Å². The van der Waals surface area contributed by atoms with Gasteiger partial charge in [0.1, 0.15) is 11.5 Å². The zero-order chi connectivity index (χ0) is 26.4. The second-order valence-electron chi connectivity index (χ2n) is 9.86. The predicted octanol–water partition coefficient (Wildman–Crippen LogP) is 4.13. The summed E-state index contributed by atoms with van der Waals surface area (Å²) < 4.78 is 21.3. The lowest BCUT2D eigenvalue weighted by atomic mass is 10.00. The van der Waals surface area contributed by atoms with Crippen LogP contribution in [-0.4, -0.2) is 66.6 Å². The molecule has 1 aromatic heterocycles. The van der Waals surface area contributed by atoms with Crippen LogP contribution in [0, 0.1) is 11.7 Å². The first-order valence-corrected chi connectivity index (χ1v) is 12.9. The predicted molar refractivity (Wildman–Crippen MR) is 146 cm³/mol. The van der Waals surface area contributed by atoms with Gasteiger partial charge in [0.05, 0.1) is 17.8 Å². The molecule has 0 amide bonds. The van der Waals surface area contributed by atoms with Crippen LogP contribution in [0.15, 0.2) is 53.8 Å². The number of hydrazone groups is 1. The van der Waals surface area contributed by atoms with E-state index >= 15 is 4.39 Å². The number of nitrogen functional groups attached to an aromatic ring is 1. The smallest absolute Gasteiger partial charge is 0.235 e. The van der Waals surface area contributed by atoms with E-state index in [9.17, 15) is 0 Å². The molecule has 198 valence electrons. The van der Waals surface area contributed by atoms with Crippen LogP contribution in [0.2, 0.25) is 0 Å². The molecule has 0 bridgehead atoms. The third-order valence-corrected chi connectivity index (χ3v) is 7.00. The summed E-state index contributed by atoms with van der Waals surface area (Å²) in [5.74, 6) is 0.757. The highest BCUT2D eigenvalue weighted by molar-refractivity contribution is 5.81. The largest absolute Gasteiger partial charge is 0.448 e. The number of hydrogen-bond acceptors (Lipinski definition) is 8. The molecular weight excluding hydrogens is 469 g/mol. The van der Waals surface area contributed by atoms with Gasteiger partial charge in [0.15, 0.2) is 5.82 Å². The van der Waals surface area contributed by atoms with Gasteiger partial charge < -0.3 is 20.7 Å². The summed E-state index contributed by atoms with van der Waals surface area (Å²) in [6, 6.07) is 5.66. The fraction of sp³-hybridized carbons (Fsp3) is 0.464. The molecule has 9 heteroatoms. The lowest BCUT2D eigenvalue weighted by Crippen LogP contribution is -2.31. The van der Waals surface area contributed by atoms with Gasteiger partial charge in [-0.3, -0.25) is 5.01 Å². The van der Waals surface area contributed by atoms with Crippen molar-refractivity contribution < 1.29 is 9.13 Å². The number of nitrogens with zero attached hydrogens (tertiary/aromatic N) is 5. The Bertz CT molecular complexity index is 1160. The summed E-state index contributed by atoms with van der Waals surface area (Å²) in [5, 5.41) is 9.51. The Balaban J connectivity index is 1.48. The lowest BCUT2D eigenvalue weighted by Gasteiger charge is -2.24. The van der Waals surface area contributed by atoms with Crippen LogP contribution in [-0.2, 0) is 11.2 Å². The Hall–Kier alpha value is -3.30. The van der Waals surface area contributed by atoms with Crippen LogP contribution >= 0.6 is 0 Å². The fourth-order valence-electron chi connectivity index (χ4n) is 4.70. The number of hydrogen-bond donors (Lipinski definition) is 2. The van der Waals surface area contributed by atoms with E-state index in [-0.39, 0.29) is 17.6 Å². The molecule has 3 N–H and O–H groups in total. The highest BCUT2D eigenvalue weighted by atomic mass is 19.1. The van der Waals surface area contributed by atoms with Crippen molar-refractivity contribution in [3.05, 3.63) is 65.8 Å². The third-order valence-electron chi connectivity index (χ3n) is 7.00. The van der Waals surface area contributed by atoms with E-state index in [1.807, 2.05) is 38.4 Å². The maximum Gasteiger partial charge on any atom is 0.235 e. The minimum atomic E-state index is -0.586. The molecule has 3 atom stereocenters. The fourth-order valence-corrected chi connectivity index (χ4v) is 4.70. The van der Waals surface area contributed by atoms with Crippen molar-refractivity contribution in [2.24, 2.45) is 11.0 Å². The van der Waals surface area contributed by atoms with Gasteiger partial charge in [-0.2, -0.15) is 0 Å². The number of rotatable bonds is 10. The number of benzene rings is 1. The number of ether oxygens (including phenoxy) is 1. The molecule has 8 nitrogen and oxygen atoms in total. The number of anilines is 1. The molecule has 0 radical (unpaired) electrons. The molecule has 1 aliphatic carbocycles. The minimum Gasteiger partial charge on any atom is -0.448 e. The number of allylic oxidation sites excluding steroid dienone is 3. The summed E-state index contributed by atoms with van der Waals surface area (Å²) in [6.07, 6.45) is 13.7. The number of aromatic nitrogens is 2. The summed E-state index contributed by atoms with van der Waals surface area (Å²) >= 11 is 0. The van der Waals surface area contributed by atoms with E-state index in [0.29, 0.717) is 40.9 Å². The summed E-state index contributed by atoms with van der Waals surface area (Å²) in [6.45, 7) is 0.934. The van der Waals surface area contributed by atoms with Gasteiger partial charge in [0, 0.05) is 18.7 Å². The molecule has 0 spiro atoms. The number of nitrogens with one attached hydrogen (secondary N) is 1. The average molecular weight is 508 g/mol. The Kier molecular flexibility index (Phi) is 8.89. The molecule has 2 heterocycles. The van der Waals surface area contributed by atoms with Crippen molar-refractivity contribution in [2.75, 3.05) is 40.5 Å². The summed E-state index contributed by atoms with van der Waals surface area (Å²) in [5.41, 5.74) is 8.56. The summed E-state index contributed by atoms with van der Waals surface area (Å²) in [4.78, 5) is 11.3. The van der Waals surface area contributed by atoms with E-state index in [1.54, 1.807) is 11.2 Å². The van der Waals surface area contributed by atoms with E-state index < -0.39 is 6.23 Å². The summed E-state index contributed by atoms with van der Waals surface area (Å²) in [7, 11) is 7.92. The second kappa shape index (κ2) is 12.3. The molecule has 1 aromatic carbocycles. The molecular formula is C28H38FN7O.